The van der Waals surface area contributed by atoms with Crippen LogP contribution in [0.25, 0.3) is 16.8 Å². The van der Waals surface area contributed by atoms with Gasteiger partial charge in [0.25, 0.3) is 0 Å². The van der Waals surface area contributed by atoms with Crippen molar-refractivity contribution in [1.29, 1.82) is 0 Å². The van der Waals surface area contributed by atoms with Crippen LogP contribution in [0.3, 0.4) is 0 Å². The highest BCUT2D eigenvalue weighted by Crippen LogP contribution is 2.13. The quantitative estimate of drug-likeness (QED) is 0.513. The van der Waals surface area contributed by atoms with Crippen LogP contribution in [0.1, 0.15) is 5.82 Å². The lowest BCUT2D eigenvalue weighted by Crippen LogP contribution is -2.05. The fourth-order valence-corrected chi connectivity index (χ4v) is 2.00. The molecule has 0 amide bonds. The van der Waals surface area contributed by atoms with Crippen molar-refractivity contribution < 1.29 is 0 Å². The molecule has 4 heterocycles. The molecule has 19 heavy (non-hydrogen) atoms. The molecule has 4 aromatic heterocycles. The Morgan fingerprint density at radius 1 is 1.26 bits per heavy atom. The first-order chi connectivity index (χ1) is 9.31. The molecule has 94 valence electrons. The van der Waals surface area contributed by atoms with Gasteiger partial charge in [-0.2, -0.15) is 5.10 Å². The fourth-order valence-electron chi connectivity index (χ4n) is 2.00. The third-order valence-corrected chi connectivity index (χ3v) is 2.86. The zero-order valence-electron chi connectivity index (χ0n) is 9.72. The van der Waals surface area contributed by atoms with Crippen molar-refractivity contribution in [2.24, 2.45) is 0 Å². The molecule has 0 aliphatic rings. The van der Waals surface area contributed by atoms with Gasteiger partial charge in [0.1, 0.15) is 18.4 Å². The van der Waals surface area contributed by atoms with Gasteiger partial charge >= 0.3 is 0 Å². The maximum Gasteiger partial charge on any atom is 0.189 e. The summed E-state index contributed by atoms with van der Waals surface area (Å²) < 4.78 is 3.50. The number of imidazole rings is 1. The van der Waals surface area contributed by atoms with E-state index in [2.05, 4.69) is 30.2 Å². The predicted molar refractivity (Wildman–Crippen MR) is 66.2 cm³/mol. The number of H-pyrrole nitrogens is 1. The first-order valence-corrected chi connectivity index (χ1v) is 5.61. The van der Waals surface area contributed by atoms with Crippen LogP contribution < -0.4 is 5.73 Å². The molecule has 0 saturated heterocycles. The topological polar surface area (TPSA) is 116 Å². The Morgan fingerprint density at radius 3 is 3.05 bits per heavy atom. The van der Waals surface area contributed by atoms with Gasteiger partial charge in [-0.3, -0.25) is 9.08 Å². The van der Waals surface area contributed by atoms with Gasteiger partial charge in [-0.15, -0.1) is 10.2 Å². The molecule has 0 saturated carbocycles. The molecule has 0 spiro atoms. The molecule has 0 bridgehead atoms. The second-order valence-corrected chi connectivity index (χ2v) is 4.13. The smallest absolute Gasteiger partial charge is 0.189 e. The second kappa shape index (κ2) is 3.51. The first kappa shape index (κ1) is 10.00. The lowest BCUT2D eigenvalue weighted by Gasteiger charge is -1.99. The Morgan fingerprint density at radius 2 is 2.21 bits per heavy atom. The van der Waals surface area contributed by atoms with E-state index >= 15 is 0 Å². The summed E-state index contributed by atoms with van der Waals surface area (Å²) >= 11 is 0. The molecule has 9 heteroatoms. The maximum absolute atomic E-state index is 5.63. The number of rotatable bonds is 2. The van der Waals surface area contributed by atoms with Crippen LogP contribution in [-0.2, 0) is 6.54 Å². The van der Waals surface area contributed by atoms with Gasteiger partial charge in [0, 0.05) is 6.20 Å². The van der Waals surface area contributed by atoms with E-state index in [0.717, 1.165) is 11.3 Å². The van der Waals surface area contributed by atoms with Gasteiger partial charge in [0.05, 0.1) is 18.2 Å². The first-order valence-electron chi connectivity index (χ1n) is 5.61. The average Bonchev–Trinajstić information content (AvgIpc) is 3.09. The SMILES string of the molecule is Nc1cnn(Cc2nnc3c4[nH]cnc4ncn23)c1. The van der Waals surface area contributed by atoms with E-state index in [1.807, 2.05) is 0 Å². The third kappa shape index (κ3) is 1.44. The van der Waals surface area contributed by atoms with Gasteiger partial charge in [-0.1, -0.05) is 0 Å². The Kier molecular flexibility index (Phi) is 1.85. The van der Waals surface area contributed by atoms with Crippen LogP contribution in [-0.4, -0.2) is 39.3 Å². The molecule has 0 radical (unpaired) electrons. The number of nitrogens with one attached hydrogen (secondary N) is 1. The second-order valence-electron chi connectivity index (χ2n) is 4.13. The third-order valence-electron chi connectivity index (χ3n) is 2.86. The number of hydrogen-bond donors (Lipinski definition) is 2. The summed E-state index contributed by atoms with van der Waals surface area (Å²) in [4.78, 5) is 11.3. The number of nitrogens with two attached hydrogens (primary N) is 1. The summed E-state index contributed by atoms with van der Waals surface area (Å²) in [5, 5.41) is 12.4. The minimum atomic E-state index is 0.472. The van der Waals surface area contributed by atoms with Gasteiger partial charge in [0.2, 0.25) is 0 Å². The van der Waals surface area contributed by atoms with Crippen molar-refractivity contribution in [3.63, 3.8) is 0 Å². The number of aromatic amines is 1. The van der Waals surface area contributed by atoms with Gasteiger partial charge in [-0.25, -0.2) is 9.97 Å². The number of nitrogen functional groups attached to an aromatic ring is 1. The van der Waals surface area contributed by atoms with Crippen LogP contribution >= 0.6 is 0 Å². The van der Waals surface area contributed by atoms with Crippen LogP contribution in [0.5, 0.6) is 0 Å². The van der Waals surface area contributed by atoms with Crippen molar-refractivity contribution in [2.75, 3.05) is 5.73 Å². The monoisotopic (exact) mass is 255 g/mol. The summed E-state index contributed by atoms with van der Waals surface area (Å²) in [6.07, 6.45) is 6.57. The molecular weight excluding hydrogens is 246 g/mol. The van der Waals surface area contributed by atoms with E-state index in [1.54, 1.807) is 34.1 Å². The molecule has 0 unspecified atom stereocenters. The Bertz CT molecular complexity index is 867. The average molecular weight is 255 g/mol. The summed E-state index contributed by atoms with van der Waals surface area (Å²) in [6, 6.07) is 0. The van der Waals surface area contributed by atoms with E-state index in [0.29, 0.717) is 23.5 Å². The molecule has 0 aliphatic carbocycles. The molecule has 4 rings (SSSR count). The fraction of sp³-hybridized carbons (Fsp3) is 0.100. The minimum absolute atomic E-state index is 0.472. The maximum atomic E-state index is 5.63. The Balaban J connectivity index is 1.86. The highest BCUT2D eigenvalue weighted by atomic mass is 15.3. The molecule has 3 N–H and O–H groups in total. The lowest BCUT2D eigenvalue weighted by atomic mass is 10.5. The highest BCUT2D eigenvalue weighted by Gasteiger charge is 2.11. The van der Waals surface area contributed by atoms with Crippen LogP contribution in [0.4, 0.5) is 5.69 Å². The van der Waals surface area contributed by atoms with Crippen molar-refractivity contribution in [1.82, 2.24) is 39.3 Å². The van der Waals surface area contributed by atoms with Crippen LogP contribution in [0.15, 0.2) is 25.0 Å². The van der Waals surface area contributed by atoms with E-state index in [9.17, 15) is 0 Å². The minimum Gasteiger partial charge on any atom is -0.396 e. The molecule has 0 atom stereocenters. The number of fused-ring (bicyclic) bond motifs is 3. The largest absolute Gasteiger partial charge is 0.396 e. The van der Waals surface area contributed by atoms with E-state index in [4.69, 9.17) is 5.73 Å². The molecule has 0 aliphatic heterocycles. The van der Waals surface area contributed by atoms with Crippen LogP contribution in [0, 0.1) is 0 Å². The highest BCUT2D eigenvalue weighted by molar-refractivity contribution is 5.84. The summed E-state index contributed by atoms with van der Waals surface area (Å²) in [6.45, 7) is 0.472. The van der Waals surface area contributed by atoms with Crippen molar-refractivity contribution >= 4 is 22.5 Å². The summed E-state index contributed by atoms with van der Waals surface area (Å²) in [5.41, 5.74) is 8.32. The van der Waals surface area contributed by atoms with E-state index in [1.165, 1.54) is 0 Å². The molecule has 0 fully saturated rings. The van der Waals surface area contributed by atoms with Crippen molar-refractivity contribution in [2.45, 2.75) is 6.54 Å². The Labute approximate surface area is 106 Å². The summed E-state index contributed by atoms with van der Waals surface area (Å²) in [5.74, 6) is 0.724. The summed E-state index contributed by atoms with van der Waals surface area (Å²) in [7, 11) is 0. The van der Waals surface area contributed by atoms with Gasteiger partial charge < -0.3 is 10.7 Å². The van der Waals surface area contributed by atoms with Crippen LogP contribution in [0.2, 0.25) is 0 Å². The normalized spacial score (nSPS) is 11.6. The van der Waals surface area contributed by atoms with Gasteiger partial charge in [0.15, 0.2) is 17.1 Å². The molecule has 4 aromatic rings. The molecular formula is C10H9N9. The standard InChI is InChI=1S/C10H9N9/c11-6-1-15-18(2-6)3-7-16-17-10-8-9(13-4-12-8)14-5-19(7)10/h1-2,4-5H,3,11H2,(H,12,13). The molecule has 0 aromatic carbocycles. The van der Waals surface area contributed by atoms with Gasteiger partial charge in [-0.05, 0) is 0 Å². The zero-order chi connectivity index (χ0) is 12.8. The number of aromatic nitrogens is 8. The number of hydrogen-bond acceptors (Lipinski definition) is 6. The number of anilines is 1. The lowest BCUT2D eigenvalue weighted by molar-refractivity contribution is 0.648. The molecule has 9 nitrogen and oxygen atoms in total. The zero-order valence-corrected chi connectivity index (χ0v) is 9.72. The van der Waals surface area contributed by atoms with E-state index < -0.39 is 0 Å². The van der Waals surface area contributed by atoms with E-state index in [-0.39, 0.29) is 0 Å². The van der Waals surface area contributed by atoms with Crippen molar-refractivity contribution in [3.05, 3.63) is 30.9 Å². The Hall–Kier alpha value is -2.97. The van der Waals surface area contributed by atoms with Crippen molar-refractivity contribution in [3.8, 4) is 0 Å². The predicted octanol–water partition coefficient (Wildman–Crippen LogP) is -0.172. The number of nitrogens with zero attached hydrogens (tertiary/aromatic N) is 7.